The van der Waals surface area contributed by atoms with Gasteiger partial charge in [0.05, 0.1) is 0 Å². The number of rotatable bonds is 9. The molecule has 9 nitrogen and oxygen atoms in total. The van der Waals surface area contributed by atoms with Gasteiger partial charge in [-0.05, 0) is 97.0 Å². The number of hydrogen-bond acceptors (Lipinski definition) is 7. The molecule has 2 saturated heterocycles. The van der Waals surface area contributed by atoms with E-state index in [9.17, 15) is 14.0 Å². The number of benzene rings is 2. The number of pyridine rings is 3. The fourth-order valence-corrected chi connectivity index (χ4v) is 6.77. The summed E-state index contributed by atoms with van der Waals surface area (Å²) < 4.78 is 14.5. The lowest BCUT2D eigenvalue weighted by Gasteiger charge is -2.34. The van der Waals surface area contributed by atoms with Crippen LogP contribution in [0.5, 0.6) is 0 Å². The highest BCUT2D eigenvalue weighted by Crippen LogP contribution is 2.25. The van der Waals surface area contributed by atoms with Crippen LogP contribution in [0.1, 0.15) is 52.0 Å². The number of carbonyl (C=O) groups is 2. The van der Waals surface area contributed by atoms with Gasteiger partial charge in [-0.3, -0.25) is 24.5 Å². The van der Waals surface area contributed by atoms with Crippen LogP contribution in [0, 0.1) is 5.82 Å². The van der Waals surface area contributed by atoms with Crippen molar-refractivity contribution in [3.8, 4) is 22.3 Å². The van der Waals surface area contributed by atoms with Crippen LogP contribution >= 0.6 is 0 Å². The van der Waals surface area contributed by atoms with E-state index in [1.165, 1.54) is 12.1 Å². The molecule has 254 valence electrons. The molecule has 2 aromatic carbocycles. The number of halogens is 1. The first-order chi connectivity index (χ1) is 24.5. The monoisotopic (exact) mass is 669 g/mol. The molecular formula is C40H40FN7O2. The topological polar surface area (TPSA) is 103 Å². The molecule has 0 radical (unpaired) electrons. The summed E-state index contributed by atoms with van der Waals surface area (Å²) >= 11 is 0. The molecule has 5 heterocycles. The molecule has 3 aromatic heterocycles. The number of amides is 2. The number of carbonyl (C=O) groups excluding carboxylic acids is 2. The van der Waals surface area contributed by atoms with Crippen LogP contribution in [0.25, 0.3) is 22.3 Å². The van der Waals surface area contributed by atoms with Crippen LogP contribution in [-0.2, 0) is 6.54 Å². The Labute approximate surface area is 291 Å². The predicted octanol–water partition coefficient (Wildman–Crippen LogP) is 6.14. The minimum absolute atomic E-state index is 0.0495. The summed E-state index contributed by atoms with van der Waals surface area (Å²) in [5.41, 5.74) is 5.30. The van der Waals surface area contributed by atoms with E-state index in [-0.39, 0.29) is 29.7 Å². The van der Waals surface area contributed by atoms with Crippen molar-refractivity contribution in [2.75, 3.05) is 31.1 Å². The summed E-state index contributed by atoms with van der Waals surface area (Å²) in [7, 11) is 0. The number of piperidine rings is 2. The van der Waals surface area contributed by atoms with Gasteiger partial charge in [-0.15, -0.1) is 0 Å². The Kier molecular flexibility index (Phi) is 10.2. The summed E-state index contributed by atoms with van der Waals surface area (Å²) in [6.45, 7) is 4.19. The van der Waals surface area contributed by atoms with Gasteiger partial charge in [0.15, 0.2) is 0 Å². The fraction of sp³-hybridized carbons (Fsp3) is 0.275. The number of likely N-dealkylation sites (tertiary alicyclic amines) is 1. The molecule has 0 saturated carbocycles. The molecule has 50 heavy (non-hydrogen) atoms. The van der Waals surface area contributed by atoms with Crippen molar-refractivity contribution in [1.82, 2.24) is 30.5 Å². The largest absolute Gasteiger partial charge is 0.356 e. The van der Waals surface area contributed by atoms with Gasteiger partial charge in [0.25, 0.3) is 11.8 Å². The van der Waals surface area contributed by atoms with E-state index in [4.69, 9.17) is 4.98 Å². The predicted molar refractivity (Wildman–Crippen MR) is 192 cm³/mol. The maximum atomic E-state index is 14.5. The molecule has 0 bridgehead atoms. The first-order valence-electron chi connectivity index (χ1n) is 17.2. The van der Waals surface area contributed by atoms with Gasteiger partial charge in [-0.25, -0.2) is 9.37 Å². The Morgan fingerprint density at radius 2 is 1.38 bits per heavy atom. The number of nitrogens with zero attached hydrogens (tertiary/aromatic N) is 5. The quantitative estimate of drug-likeness (QED) is 0.195. The maximum absolute atomic E-state index is 14.5. The van der Waals surface area contributed by atoms with E-state index in [0.717, 1.165) is 80.9 Å². The summed E-state index contributed by atoms with van der Waals surface area (Å²) in [6, 6.07) is 23.9. The molecule has 2 aliphatic heterocycles. The highest BCUT2D eigenvalue weighted by atomic mass is 19.1. The van der Waals surface area contributed by atoms with E-state index in [0.29, 0.717) is 22.3 Å². The molecule has 5 aromatic rings. The van der Waals surface area contributed by atoms with Crippen molar-refractivity contribution in [2.24, 2.45) is 0 Å². The Morgan fingerprint density at radius 1 is 0.680 bits per heavy atom. The third-order valence-electron chi connectivity index (χ3n) is 9.63. The van der Waals surface area contributed by atoms with Gasteiger partial charge in [0, 0.05) is 98.0 Å². The Morgan fingerprint density at radius 3 is 2.06 bits per heavy atom. The maximum Gasteiger partial charge on any atom is 0.251 e. The van der Waals surface area contributed by atoms with Gasteiger partial charge in [0.2, 0.25) is 0 Å². The molecule has 2 aliphatic rings. The van der Waals surface area contributed by atoms with Crippen LogP contribution < -0.4 is 15.5 Å². The number of aromatic nitrogens is 3. The minimum atomic E-state index is -0.366. The summed E-state index contributed by atoms with van der Waals surface area (Å²) in [5.74, 6) is 0.356. The van der Waals surface area contributed by atoms with Crippen molar-refractivity contribution in [1.29, 1.82) is 0 Å². The highest BCUT2D eigenvalue weighted by Gasteiger charge is 2.24. The van der Waals surface area contributed by atoms with Gasteiger partial charge >= 0.3 is 0 Å². The molecule has 2 N–H and O–H groups in total. The summed E-state index contributed by atoms with van der Waals surface area (Å²) in [4.78, 5) is 43.7. The third kappa shape index (κ3) is 8.03. The normalized spacial score (nSPS) is 15.8. The molecule has 2 fully saturated rings. The van der Waals surface area contributed by atoms with Gasteiger partial charge in [-0.2, -0.15) is 0 Å². The molecule has 0 atom stereocenters. The Hall–Kier alpha value is -5.48. The molecule has 0 spiro atoms. The second kappa shape index (κ2) is 15.4. The van der Waals surface area contributed by atoms with E-state index in [1.807, 2.05) is 42.6 Å². The van der Waals surface area contributed by atoms with Crippen LogP contribution in [0.3, 0.4) is 0 Å². The van der Waals surface area contributed by atoms with Gasteiger partial charge in [0.1, 0.15) is 11.6 Å². The zero-order valence-electron chi connectivity index (χ0n) is 27.8. The smallest absolute Gasteiger partial charge is 0.251 e. The van der Waals surface area contributed by atoms with E-state index < -0.39 is 0 Å². The van der Waals surface area contributed by atoms with E-state index in [2.05, 4.69) is 42.5 Å². The average molecular weight is 670 g/mol. The lowest BCUT2D eigenvalue weighted by atomic mass is 10.0. The first kappa shape index (κ1) is 33.0. The first-order valence-corrected chi connectivity index (χ1v) is 17.2. The van der Waals surface area contributed by atoms with Crippen molar-refractivity contribution < 1.29 is 14.0 Å². The molecule has 7 rings (SSSR count). The second-order valence-corrected chi connectivity index (χ2v) is 13.0. The fourth-order valence-electron chi connectivity index (χ4n) is 6.77. The van der Waals surface area contributed by atoms with E-state index >= 15 is 0 Å². The highest BCUT2D eigenvalue weighted by molar-refractivity contribution is 5.96. The van der Waals surface area contributed by atoms with Gasteiger partial charge in [-0.1, -0.05) is 24.3 Å². The number of hydrogen-bond donors (Lipinski definition) is 2. The number of nitrogens with one attached hydrogen (secondary N) is 2. The Balaban J connectivity index is 0.847. The van der Waals surface area contributed by atoms with E-state index in [1.54, 1.807) is 43.0 Å². The van der Waals surface area contributed by atoms with Crippen LogP contribution in [-0.4, -0.2) is 69.9 Å². The molecular weight excluding hydrogens is 629 g/mol. The minimum Gasteiger partial charge on any atom is -0.356 e. The molecule has 2 amide bonds. The van der Waals surface area contributed by atoms with Crippen LogP contribution in [0.4, 0.5) is 10.2 Å². The second-order valence-electron chi connectivity index (χ2n) is 13.0. The zero-order chi connectivity index (χ0) is 34.3. The standard InChI is InChI=1S/C40H40FN7O2/c41-37-8-7-32(24-36(37)29-10-17-42-18-11-29)40(50)45-34-12-19-47(20-13-34)27-28-6-9-38(44-25-28)48-21-14-35(15-22-48)46-39(49)31-4-1-3-30(23-31)33-5-2-16-43-26-33/h1-11,16-18,23-26,34-35H,12-15,19-22,27H2,(H,45,50)(H,46,49). The lowest BCUT2D eigenvalue weighted by molar-refractivity contribution is 0.0906. The zero-order valence-corrected chi connectivity index (χ0v) is 27.8. The van der Waals surface area contributed by atoms with Crippen molar-refractivity contribution >= 4 is 17.6 Å². The van der Waals surface area contributed by atoms with Gasteiger partial charge < -0.3 is 15.5 Å². The molecule has 0 unspecified atom stereocenters. The Bertz CT molecular complexity index is 1910. The average Bonchev–Trinajstić information content (AvgIpc) is 3.17. The van der Waals surface area contributed by atoms with Crippen LogP contribution in [0.2, 0.25) is 0 Å². The molecule has 10 heteroatoms. The number of anilines is 1. The summed E-state index contributed by atoms with van der Waals surface area (Å²) in [6.07, 6.45) is 12.1. The third-order valence-corrected chi connectivity index (χ3v) is 9.63. The lowest BCUT2D eigenvalue weighted by Crippen LogP contribution is -2.45. The van der Waals surface area contributed by atoms with Crippen molar-refractivity contribution in [3.05, 3.63) is 132 Å². The SMILES string of the molecule is O=C(NC1CCN(Cc2ccc(N3CCC(NC(=O)c4cccc(-c5cccnc5)c4)CC3)nc2)CC1)c1ccc(F)c(-c2ccncc2)c1. The summed E-state index contributed by atoms with van der Waals surface area (Å²) in [5, 5.41) is 6.37. The van der Waals surface area contributed by atoms with Crippen molar-refractivity contribution in [2.45, 2.75) is 44.3 Å². The van der Waals surface area contributed by atoms with Crippen LogP contribution in [0.15, 0.2) is 110 Å². The van der Waals surface area contributed by atoms with Crippen molar-refractivity contribution in [3.63, 3.8) is 0 Å². The molecule has 0 aliphatic carbocycles.